The molecule has 6 nitrogen and oxygen atoms in total. The highest BCUT2D eigenvalue weighted by Crippen LogP contribution is 2.48. The molecule has 1 atom stereocenters. The van der Waals surface area contributed by atoms with E-state index in [-0.39, 0.29) is 0 Å². The van der Waals surface area contributed by atoms with E-state index in [9.17, 15) is 0 Å². The molecule has 0 amide bonds. The quantitative estimate of drug-likeness (QED) is 0.863. The minimum atomic E-state index is 0.382. The lowest BCUT2D eigenvalue weighted by Gasteiger charge is -2.52. The molecule has 2 N–H and O–H groups in total. The van der Waals surface area contributed by atoms with Gasteiger partial charge in [0.25, 0.3) is 0 Å². The van der Waals surface area contributed by atoms with E-state index in [0.717, 1.165) is 60.1 Å². The van der Waals surface area contributed by atoms with Gasteiger partial charge in [-0.25, -0.2) is 9.97 Å². The third-order valence-electron chi connectivity index (χ3n) is 6.58. The molecule has 2 fully saturated rings. The number of hydrogen-bond acceptors (Lipinski definition) is 6. The number of anilines is 1. The number of rotatable bonds is 2. The Bertz CT molecular complexity index is 932. The van der Waals surface area contributed by atoms with Crippen LogP contribution in [0.3, 0.4) is 0 Å². The fourth-order valence-corrected chi connectivity index (χ4v) is 4.77. The van der Waals surface area contributed by atoms with Crippen molar-refractivity contribution in [2.24, 2.45) is 16.1 Å². The largest absolute Gasteiger partial charge is 0.355 e. The average molecular weight is 383 g/mol. The Morgan fingerprint density at radius 1 is 1.22 bits per heavy atom. The second-order valence-corrected chi connectivity index (χ2v) is 8.32. The minimum Gasteiger partial charge on any atom is -0.355 e. The van der Waals surface area contributed by atoms with E-state index in [1.165, 1.54) is 12.8 Å². The van der Waals surface area contributed by atoms with E-state index in [1.54, 1.807) is 6.20 Å². The first kappa shape index (κ1) is 17.1. The van der Waals surface area contributed by atoms with Crippen LogP contribution in [-0.2, 0) is 6.54 Å². The molecule has 3 aliphatic rings. The van der Waals surface area contributed by atoms with Gasteiger partial charge in [-0.2, -0.15) is 0 Å². The van der Waals surface area contributed by atoms with Gasteiger partial charge in [-0.3, -0.25) is 9.98 Å². The van der Waals surface area contributed by atoms with Crippen molar-refractivity contribution >= 4 is 23.1 Å². The summed E-state index contributed by atoms with van der Waals surface area (Å²) in [5.74, 6) is 0.949. The maximum absolute atomic E-state index is 6.44. The van der Waals surface area contributed by atoms with Crippen molar-refractivity contribution in [2.75, 3.05) is 18.0 Å². The Morgan fingerprint density at radius 2 is 2.04 bits per heavy atom. The minimum absolute atomic E-state index is 0.382. The van der Waals surface area contributed by atoms with Gasteiger partial charge in [0.2, 0.25) is 0 Å². The topological polar surface area (TPSA) is 80.3 Å². The summed E-state index contributed by atoms with van der Waals surface area (Å²) in [6.07, 6.45) is 8.39. The highest BCUT2D eigenvalue weighted by atomic mass is 35.5. The van der Waals surface area contributed by atoms with Crippen LogP contribution in [0.4, 0.5) is 5.82 Å². The molecular weight excluding hydrogens is 360 g/mol. The van der Waals surface area contributed by atoms with Crippen molar-refractivity contribution in [1.29, 1.82) is 0 Å². The number of piperidine rings is 1. The summed E-state index contributed by atoms with van der Waals surface area (Å²) in [5, 5.41) is 0.633. The lowest BCUT2D eigenvalue weighted by Crippen LogP contribution is -2.56. The van der Waals surface area contributed by atoms with Gasteiger partial charge in [0, 0.05) is 30.9 Å². The van der Waals surface area contributed by atoms with Crippen LogP contribution in [-0.4, -0.2) is 39.8 Å². The molecule has 1 saturated heterocycles. The Hall–Kier alpha value is -2.05. The summed E-state index contributed by atoms with van der Waals surface area (Å²) in [6, 6.07) is 2.28. The fourth-order valence-electron chi connectivity index (χ4n) is 4.57. The van der Waals surface area contributed by atoms with E-state index in [4.69, 9.17) is 27.3 Å². The van der Waals surface area contributed by atoms with Gasteiger partial charge < -0.3 is 10.6 Å². The molecular formula is C20H23ClN6. The predicted molar refractivity (Wildman–Crippen MR) is 106 cm³/mol. The highest BCUT2D eigenvalue weighted by molar-refractivity contribution is 6.36. The number of halogens is 1. The first-order chi connectivity index (χ1) is 13.1. The molecule has 1 aliphatic carbocycles. The molecule has 4 heterocycles. The first-order valence-electron chi connectivity index (χ1n) is 9.60. The normalized spacial score (nSPS) is 23.1. The van der Waals surface area contributed by atoms with E-state index in [2.05, 4.69) is 14.9 Å². The molecule has 5 rings (SSSR count). The van der Waals surface area contributed by atoms with Gasteiger partial charge in [-0.05, 0) is 44.1 Å². The van der Waals surface area contributed by atoms with E-state index in [0.29, 0.717) is 23.0 Å². The lowest BCUT2D eigenvalue weighted by atomic mass is 9.60. The zero-order valence-electron chi connectivity index (χ0n) is 15.5. The molecule has 140 valence electrons. The van der Waals surface area contributed by atoms with Gasteiger partial charge in [-0.15, -0.1) is 0 Å². The van der Waals surface area contributed by atoms with Gasteiger partial charge in [0.1, 0.15) is 11.5 Å². The van der Waals surface area contributed by atoms with Crippen molar-refractivity contribution in [3.05, 3.63) is 46.1 Å². The molecule has 2 aliphatic heterocycles. The maximum atomic E-state index is 6.44. The van der Waals surface area contributed by atoms with Crippen molar-refractivity contribution in [1.82, 2.24) is 15.0 Å². The summed E-state index contributed by atoms with van der Waals surface area (Å²) in [7, 11) is 0. The number of hydrogen-bond donors (Lipinski definition) is 1. The van der Waals surface area contributed by atoms with Crippen molar-refractivity contribution in [3.63, 3.8) is 0 Å². The summed E-state index contributed by atoms with van der Waals surface area (Å²) < 4.78 is 0. The summed E-state index contributed by atoms with van der Waals surface area (Å²) >= 11 is 6.44. The Balaban J connectivity index is 1.37. The number of aromatic nitrogens is 3. The number of nitrogens with zero attached hydrogens (tertiary/aromatic N) is 5. The monoisotopic (exact) mass is 382 g/mol. The molecule has 0 bridgehead atoms. The molecule has 2 aromatic rings. The number of aryl methyl sites for hydroxylation is 1. The highest BCUT2D eigenvalue weighted by Gasteiger charge is 2.46. The van der Waals surface area contributed by atoms with Gasteiger partial charge in [0.15, 0.2) is 0 Å². The number of nitrogens with two attached hydrogens (primary N) is 1. The number of aliphatic imine (C=N–C) groups is 1. The second kappa shape index (κ2) is 6.24. The maximum Gasteiger partial charge on any atom is 0.147 e. The molecule has 1 unspecified atom stereocenters. The molecule has 7 heteroatoms. The van der Waals surface area contributed by atoms with Crippen LogP contribution in [0.15, 0.2) is 23.5 Å². The van der Waals surface area contributed by atoms with E-state index >= 15 is 0 Å². The van der Waals surface area contributed by atoms with Crippen LogP contribution in [0.2, 0.25) is 5.02 Å². The predicted octanol–water partition coefficient (Wildman–Crippen LogP) is 2.89. The standard InChI is InChI=1S/C20H23ClN6/c1-12-17(21)13(3-7-23-12)18-19-14(10-24-18)26-16(11-25-19)27-8-5-20(6-9-27)4-2-15(20)22/h3,7,11,15H,2,4-6,8-10,22H2,1H3. The second-order valence-electron chi connectivity index (χ2n) is 7.94. The Kier molecular flexibility index (Phi) is 3.95. The van der Waals surface area contributed by atoms with Crippen molar-refractivity contribution in [3.8, 4) is 0 Å². The van der Waals surface area contributed by atoms with Crippen molar-refractivity contribution in [2.45, 2.75) is 45.2 Å². The van der Waals surface area contributed by atoms with Crippen molar-refractivity contribution < 1.29 is 0 Å². The first-order valence-corrected chi connectivity index (χ1v) is 9.98. The summed E-state index contributed by atoms with van der Waals surface area (Å²) in [5.41, 5.74) is 10.9. The van der Waals surface area contributed by atoms with Gasteiger partial charge in [-0.1, -0.05) is 11.6 Å². The summed E-state index contributed by atoms with van der Waals surface area (Å²) in [6.45, 7) is 4.45. The smallest absolute Gasteiger partial charge is 0.147 e. The van der Waals surface area contributed by atoms with E-state index in [1.807, 2.05) is 19.2 Å². The van der Waals surface area contributed by atoms with Crippen LogP contribution in [0.5, 0.6) is 0 Å². The van der Waals surface area contributed by atoms with Gasteiger partial charge in [0.05, 0.1) is 34.9 Å². The molecule has 1 saturated carbocycles. The Morgan fingerprint density at radius 3 is 2.74 bits per heavy atom. The Labute approximate surface area is 163 Å². The molecule has 0 aromatic carbocycles. The average Bonchev–Trinajstić information content (AvgIpc) is 3.12. The zero-order chi connectivity index (χ0) is 18.6. The SMILES string of the molecule is Cc1nccc(C2=NCc3nc(N4CCC5(CCC5N)CC4)cnc32)c1Cl. The fraction of sp³-hybridized carbons (Fsp3) is 0.500. The number of pyridine rings is 1. The van der Waals surface area contributed by atoms with Gasteiger partial charge >= 0.3 is 0 Å². The molecule has 27 heavy (non-hydrogen) atoms. The third-order valence-corrected chi connectivity index (χ3v) is 7.06. The zero-order valence-corrected chi connectivity index (χ0v) is 16.2. The van der Waals surface area contributed by atoms with Crippen LogP contribution in [0.1, 0.15) is 48.3 Å². The number of fused-ring (bicyclic) bond motifs is 1. The van der Waals surface area contributed by atoms with Crippen LogP contribution in [0, 0.1) is 12.3 Å². The molecule has 1 spiro atoms. The van der Waals surface area contributed by atoms with Crippen LogP contribution in [0.25, 0.3) is 0 Å². The van der Waals surface area contributed by atoms with Crippen LogP contribution >= 0.6 is 11.6 Å². The third kappa shape index (κ3) is 2.65. The summed E-state index contributed by atoms with van der Waals surface area (Å²) in [4.78, 5) is 20.8. The van der Waals surface area contributed by atoms with Crippen LogP contribution < -0.4 is 10.6 Å². The molecule has 2 aromatic heterocycles. The lowest BCUT2D eigenvalue weighted by molar-refractivity contribution is 0.0610. The molecule has 0 radical (unpaired) electrons. The van der Waals surface area contributed by atoms with E-state index < -0.39 is 0 Å².